The van der Waals surface area contributed by atoms with E-state index in [0.29, 0.717) is 12.5 Å². The van der Waals surface area contributed by atoms with Gasteiger partial charge in [0.1, 0.15) is 0 Å². The number of fused-ring (bicyclic) bond motifs is 2. The molecule has 0 atom stereocenters. The number of hydrogen-bond donors (Lipinski definition) is 2. The fourth-order valence-electron chi connectivity index (χ4n) is 4.21. The number of anilines is 1. The summed E-state index contributed by atoms with van der Waals surface area (Å²) >= 11 is 0. The molecule has 0 heterocycles. The second kappa shape index (κ2) is 8.82. The van der Waals surface area contributed by atoms with Gasteiger partial charge < -0.3 is 10.2 Å². The summed E-state index contributed by atoms with van der Waals surface area (Å²) in [6.07, 6.45) is 7.51. The summed E-state index contributed by atoms with van der Waals surface area (Å²) in [5.74, 6) is -0.0304. The van der Waals surface area contributed by atoms with E-state index in [9.17, 15) is 13.2 Å². The van der Waals surface area contributed by atoms with Crippen LogP contribution >= 0.6 is 0 Å². The highest BCUT2D eigenvalue weighted by Crippen LogP contribution is 2.38. The van der Waals surface area contributed by atoms with Gasteiger partial charge in [0.25, 0.3) is 0 Å². The van der Waals surface area contributed by atoms with Gasteiger partial charge in [0, 0.05) is 11.7 Å². The number of unbranched alkanes of at least 4 members (excludes halogenated alkanes) is 1. The van der Waals surface area contributed by atoms with Gasteiger partial charge in [-0.15, -0.1) is 0 Å². The minimum Gasteiger partial charge on any atom is -0.307 e. The SMILES string of the molecule is CC(C)N(C)CCCCS(=O)(=O)NC(=O)Nc1c2c(cc3c1CCC3)CCC2. The molecule has 0 bridgehead atoms. The van der Waals surface area contributed by atoms with Crippen molar-refractivity contribution in [2.24, 2.45) is 0 Å². The fraction of sp³-hybridized carbons (Fsp3) is 0.667. The molecule has 0 saturated heterocycles. The molecule has 6 nitrogen and oxygen atoms in total. The van der Waals surface area contributed by atoms with Crippen molar-refractivity contribution >= 4 is 21.7 Å². The summed E-state index contributed by atoms with van der Waals surface area (Å²) in [4.78, 5) is 14.6. The topological polar surface area (TPSA) is 78.5 Å². The van der Waals surface area contributed by atoms with Crippen LogP contribution in [0.2, 0.25) is 0 Å². The Kier molecular flexibility index (Phi) is 6.65. The zero-order chi connectivity index (χ0) is 20.3. The van der Waals surface area contributed by atoms with E-state index in [2.05, 4.69) is 34.9 Å². The normalized spacial score (nSPS) is 15.8. The van der Waals surface area contributed by atoms with E-state index in [4.69, 9.17) is 0 Å². The van der Waals surface area contributed by atoms with Crippen molar-refractivity contribution in [1.82, 2.24) is 9.62 Å². The van der Waals surface area contributed by atoms with Crippen molar-refractivity contribution in [1.29, 1.82) is 0 Å². The number of nitrogens with zero attached hydrogens (tertiary/aromatic N) is 1. The van der Waals surface area contributed by atoms with Crippen molar-refractivity contribution in [3.8, 4) is 0 Å². The first-order valence-electron chi connectivity index (χ1n) is 10.4. The molecule has 0 aromatic heterocycles. The van der Waals surface area contributed by atoms with Crippen LogP contribution < -0.4 is 10.0 Å². The van der Waals surface area contributed by atoms with Gasteiger partial charge in [0.2, 0.25) is 10.0 Å². The fourth-order valence-corrected chi connectivity index (χ4v) is 5.23. The first-order chi connectivity index (χ1) is 13.3. The van der Waals surface area contributed by atoms with E-state index < -0.39 is 16.1 Å². The van der Waals surface area contributed by atoms with E-state index in [-0.39, 0.29) is 5.75 Å². The van der Waals surface area contributed by atoms with E-state index in [1.807, 2.05) is 7.05 Å². The maximum atomic E-state index is 12.4. The maximum Gasteiger partial charge on any atom is 0.332 e. The lowest BCUT2D eigenvalue weighted by atomic mass is 9.99. The molecule has 0 saturated carbocycles. The quantitative estimate of drug-likeness (QED) is 0.649. The smallest absolute Gasteiger partial charge is 0.307 e. The van der Waals surface area contributed by atoms with E-state index in [1.54, 1.807) is 0 Å². The summed E-state index contributed by atoms with van der Waals surface area (Å²) in [5.41, 5.74) is 5.89. The number of nitrogens with one attached hydrogen (secondary N) is 2. The molecule has 0 spiro atoms. The summed E-state index contributed by atoms with van der Waals surface area (Å²) in [7, 11) is -1.60. The van der Waals surface area contributed by atoms with Crippen LogP contribution in [0.4, 0.5) is 10.5 Å². The van der Waals surface area contributed by atoms with Gasteiger partial charge in [0.15, 0.2) is 0 Å². The van der Waals surface area contributed by atoms with Crippen LogP contribution in [-0.4, -0.2) is 44.7 Å². The summed E-state index contributed by atoms with van der Waals surface area (Å²) in [6, 6.07) is 2.10. The Hall–Kier alpha value is -1.60. The largest absolute Gasteiger partial charge is 0.332 e. The Morgan fingerprint density at radius 3 is 2.25 bits per heavy atom. The number of amides is 2. The molecule has 0 unspecified atom stereocenters. The number of hydrogen-bond acceptors (Lipinski definition) is 4. The third-order valence-electron chi connectivity index (χ3n) is 6.02. The number of rotatable bonds is 8. The Bertz CT molecular complexity index is 802. The number of sulfonamides is 1. The predicted octanol–water partition coefficient (Wildman–Crippen LogP) is 3.24. The first kappa shape index (κ1) is 21.1. The van der Waals surface area contributed by atoms with Crippen LogP contribution in [0.5, 0.6) is 0 Å². The molecule has 1 aromatic rings. The number of carbonyl (C=O) groups excluding carboxylic acids is 1. The first-order valence-corrected chi connectivity index (χ1v) is 12.1. The van der Waals surface area contributed by atoms with Crippen LogP contribution in [0.25, 0.3) is 0 Å². The van der Waals surface area contributed by atoms with Gasteiger partial charge in [0.05, 0.1) is 5.75 Å². The molecule has 156 valence electrons. The predicted molar refractivity (Wildman–Crippen MR) is 113 cm³/mol. The third-order valence-corrected chi connectivity index (χ3v) is 7.34. The Balaban J connectivity index is 1.57. The number of urea groups is 1. The Morgan fingerprint density at radius 2 is 1.68 bits per heavy atom. The number of carbonyl (C=O) groups is 1. The molecule has 28 heavy (non-hydrogen) atoms. The molecule has 1 aromatic carbocycles. The Labute approximate surface area is 169 Å². The van der Waals surface area contributed by atoms with Crippen molar-refractivity contribution in [2.45, 2.75) is 71.3 Å². The average Bonchev–Trinajstić information content (AvgIpc) is 3.26. The van der Waals surface area contributed by atoms with Gasteiger partial charge in [-0.3, -0.25) is 0 Å². The third kappa shape index (κ3) is 5.06. The number of aryl methyl sites for hydroxylation is 2. The van der Waals surface area contributed by atoms with E-state index >= 15 is 0 Å². The lowest BCUT2D eigenvalue weighted by Crippen LogP contribution is -2.36. The molecule has 0 aliphatic heterocycles. The van der Waals surface area contributed by atoms with Gasteiger partial charge in [-0.25, -0.2) is 17.9 Å². The lowest BCUT2D eigenvalue weighted by Gasteiger charge is -2.20. The second-order valence-electron chi connectivity index (χ2n) is 8.39. The molecule has 2 aliphatic carbocycles. The summed E-state index contributed by atoms with van der Waals surface area (Å²) < 4.78 is 26.8. The lowest BCUT2D eigenvalue weighted by molar-refractivity contribution is 0.256. The van der Waals surface area contributed by atoms with Crippen molar-refractivity contribution in [3.63, 3.8) is 0 Å². The molecule has 3 rings (SSSR count). The molecule has 0 fully saturated rings. The minimum atomic E-state index is -3.63. The molecule has 2 N–H and O–H groups in total. The van der Waals surface area contributed by atoms with Crippen molar-refractivity contribution in [2.75, 3.05) is 24.7 Å². The van der Waals surface area contributed by atoms with Crippen LogP contribution in [0, 0.1) is 0 Å². The van der Waals surface area contributed by atoms with Crippen LogP contribution in [0.3, 0.4) is 0 Å². The Morgan fingerprint density at radius 1 is 1.07 bits per heavy atom. The van der Waals surface area contributed by atoms with Crippen LogP contribution in [0.15, 0.2) is 6.07 Å². The molecule has 2 aliphatic rings. The molecular formula is C21H33N3O3S. The van der Waals surface area contributed by atoms with Crippen LogP contribution in [0.1, 0.15) is 61.8 Å². The van der Waals surface area contributed by atoms with Gasteiger partial charge >= 0.3 is 6.03 Å². The molecule has 2 amide bonds. The number of benzene rings is 1. The van der Waals surface area contributed by atoms with Crippen molar-refractivity contribution < 1.29 is 13.2 Å². The highest BCUT2D eigenvalue weighted by molar-refractivity contribution is 7.90. The summed E-state index contributed by atoms with van der Waals surface area (Å²) in [5, 5.41) is 2.88. The zero-order valence-electron chi connectivity index (χ0n) is 17.3. The van der Waals surface area contributed by atoms with E-state index in [1.165, 1.54) is 22.3 Å². The molecule has 0 radical (unpaired) electrons. The summed E-state index contributed by atoms with van der Waals surface area (Å²) in [6.45, 7) is 5.07. The highest BCUT2D eigenvalue weighted by atomic mass is 32.2. The second-order valence-corrected chi connectivity index (χ2v) is 10.2. The molecule has 7 heteroatoms. The van der Waals surface area contributed by atoms with Gasteiger partial charge in [-0.1, -0.05) is 6.07 Å². The molecular weight excluding hydrogens is 374 g/mol. The zero-order valence-corrected chi connectivity index (χ0v) is 18.1. The standard InChI is InChI=1S/C21H33N3O3S/c1-15(2)24(3)12-4-5-13-28(26,27)23-21(25)22-20-18-10-6-8-16(18)14-17-9-7-11-19(17)20/h14-15H,4-13H2,1-3H3,(H2,22,23,25). The monoisotopic (exact) mass is 407 g/mol. The van der Waals surface area contributed by atoms with Gasteiger partial charge in [-0.2, -0.15) is 0 Å². The van der Waals surface area contributed by atoms with Gasteiger partial charge in [-0.05, 0) is 101 Å². The minimum absolute atomic E-state index is 0.0304. The average molecular weight is 408 g/mol. The maximum absolute atomic E-state index is 12.4. The highest BCUT2D eigenvalue weighted by Gasteiger charge is 2.25. The van der Waals surface area contributed by atoms with Crippen molar-refractivity contribution in [3.05, 3.63) is 28.3 Å². The van der Waals surface area contributed by atoms with E-state index in [0.717, 1.165) is 57.2 Å². The van der Waals surface area contributed by atoms with Crippen LogP contribution in [-0.2, 0) is 35.7 Å².